The molecule has 0 aliphatic heterocycles. The Kier molecular flexibility index (Phi) is 3.11. The van der Waals surface area contributed by atoms with Gasteiger partial charge in [0.25, 0.3) is 0 Å². The molecule has 7 atom stereocenters. The van der Waals surface area contributed by atoms with E-state index in [0.717, 1.165) is 38.5 Å². The lowest BCUT2D eigenvalue weighted by Crippen LogP contribution is -2.46. The minimum Gasteiger partial charge on any atom is -0.390 e. The van der Waals surface area contributed by atoms with Gasteiger partial charge in [-0.05, 0) is 72.8 Å². The Labute approximate surface area is 126 Å². The maximum Gasteiger partial charge on any atom is 0.0855 e. The summed E-state index contributed by atoms with van der Waals surface area (Å²) in [4.78, 5) is 0. The highest BCUT2D eigenvalue weighted by molar-refractivity contribution is 5.40. The topological polar surface area (TPSA) is 60.7 Å². The number of allylic oxidation sites excluding steroid dienone is 2. The molecule has 0 aromatic heterocycles. The van der Waals surface area contributed by atoms with Crippen LogP contribution < -0.4 is 0 Å². The van der Waals surface area contributed by atoms with E-state index in [1.165, 1.54) is 11.1 Å². The molecular weight excluding hydrogens is 264 g/mol. The van der Waals surface area contributed by atoms with E-state index in [0.29, 0.717) is 17.8 Å². The summed E-state index contributed by atoms with van der Waals surface area (Å²) in [7, 11) is 0. The van der Waals surface area contributed by atoms with Crippen molar-refractivity contribution in [2.24, 2.45) is 23.2 Å². The minimum atomic E-state index is -0.553. The van der Waals surface area contributed by atoms with Crippen molar-refractivity contribution < 1.29 is 15.3 Å². The van der Waals surface area contributed by atoms with Crippen LogP contribution in [0.4, 0.5) is 0 Å². The lowest BCUT2D eigenvalue weighted by Gasteiger charge is -2.51. The van der Waals surface area contributed by atoms with Crippen molar-refractivity contribution in [3.63, 3.8) is 0 Å². The summed E-state index contributed by atoms with van der Waals surface area (Å²) in [6.45, 7) is 2.18. The third-order valence-corrected chi connectivity index (χ3v) is 6.90. The summed E-state index contributed by atoms with van der Waals surface area (Å²) in [6, 6.07) is 0. The summed E-state index contributed by atoms with van der Waals surface area (Å²) < 4.78 is 0. The first-order valence-corrected chi connectivity index (χ1v) is 8.46. The molecule has 4 rings (SSSR count). The van der Waals surface area contributed by atoms with Crippen LogP contribution in [-0.2, 0) is 0 Å². The number of aliphatic hydroxyl groups excluding tert-OH is 3. The Bertz CT molecular complexity index is 509. The lowest BCUT2D eigenvalue weighted by atomic mass is 9.54. The monoisotopic (exact) mass is 290 g/mol. The number of hydrogen-bond donors (Lipinski definition) is 3. The molecule has 3 N–H and O–H groups in total. The number of rotatable bonds is 0. The van der Waals surface area contributed by atoms with Crippen LogP contribution in [-0.4, -0.2) is 33.6 Å². The standard InChI is InChI=1S/C18H26O3/c1-18-7-6-13-12-5-3-11(19)8-10(12)2-4-14(13)15(18)9-16(20)17(18)21/h5,8,11,13-17,19-21H,2-4,6-7,9H2,1H3. The van der Waals surface area contributed by atoms with E-state index in [-0.39, 0.29) is 11.5 Å². The van der Waals surface area contributed by atoms with E-state index in [2.05, 4.69) is 19.1 Å². The van der Waals surface area contributed by atoms with Crippen LogP contribution in [0.25, 0.3) is 0 Å². The second-order valence-electron chi connectivity index (χ2n) is 7.86. The van der Waals surface area contributed by atoms with Gasteiger partial charge in [0.1, 0.15) is 0 Å². The zero-order valence-electron chi connectivity index (χ0n) is 12.7. The van der Waals surface area contributed by atoms with Crippen molar-refractivity contribution in [3.05, 3.63) is 23.3 Å². The quantitative estimate of drug-likeness (QED) is 0.641. The Morgan fingerprint density at radius 3 is 2.81 bits per heavy atom. The van der Waals surface area contributed by atoms with Gasteiger partial charge in [-0.2, -0.15) is 0 Å². The Morgan fingerprint density at radius 1 is 1.19 bits per heavy atom. The van der Waals surface area contributed by atoms with E-state index in [1.807, 2.05) is 0 Å². The van der Waals surface area contributed by atoms with Gasteiger partial charge in [0, 0.05) is 0 Å². The molecular formula is C18H26O3. The summed E-state index contributed by atoms with van der Waals surface area (Å²) in [5.41, 5.74) is 2.73. The number of fused-ring (bicyclic) bond motifs is 5. The fourth-order valence-electron chi connectivity index (χ4n) is 5.78. The van der Waals surface area contributed by atoms with Crippen LogP contribution in [0.3, 0.4) is 0 Å². The van der Waals surface area contributed by atoms with Gasteiger partial charge < -0.3 is 15.3 Å². The zero-order chi connectivity index (χ0) is 14.8. The van der Waals surface area contributed by atoms with Crippen LogP contribution in [0.2, 0.25) is 0 Å². The highest BCUT2D eigenvalue weighted by Crippen LogP contribution is 2.61. The molecule has 3 nitrogen and oxygen atoms in total. The maximum atomic E-state index is 10.4. The SMILES string of the molecule is CC12CCC3C4=CCC(O)C=C4CCC3C1CC(O)C2O. The second kappa shape index (κ2) is 4.68. The summed E-state index contributed by atoms with van der Waals surface area (Å²) in [6.07, 6.45) is 8.71. The van der Waals surface area contributed by atoms with Gasteiger partial charge in [0.2, 0.25) is 0 Å². The number of aliphatic hydroxyl groups is 3. The Morgan fingerprint density at radius 2 is 2.00 bits per heavy atom. The zero-order valence-corrected chi connectivity index (χ0v) is 12.7. The smallest absolute Gasteiger partial charge is 0.0855 e. The largest absolute Gasteiger partial charge is 0.390 e. The summed E-state index contributed by atoms with van der Waals surface area (Å²) in [5.74, 6) is 1.61. The molecule has 0 saturated heterocycles. The minimum absolute atomic E-state index is 0.101. The van der Waals surface area contributed by atoms with Crippen LogP contribution in [0.15, 0.2) is 23.3 Å². The van der Waals surface area contributed by atoms with Crippen LogP contribution >= 0.6 is 0 Å². The number of hydrogen-bond acceptors (Lipinski definition) is 3. The van der Waals surface area contributed by atoms with Crippen LogP contribution in [0.5, 0.6) is 0 Å². The Hall–Kier alpha value is -0.640. The van der Waals surface area contributed by atoms with Crippen molar-refractivity contribution in [3.8, 4) is 0 Å². The van der Waals surface area contributed by atoms with E-state index in [9.17, 15) is 15.3 Å². The molecule has 0 bridgehead atoms. The van der Waals surface area contributed by atoms with Gasteiger partial charge >= 0.3 is 0 Å². The van der Waals surface area contributed by atoms with Crippen molar-refractivity contribution in [2.75, 3.05) is 0 Å². The first-order valence-electron chi connectivity index (χ1n) is 8.46. The molecule has 0 radical (unpaired) electrons. The predicted octanol–water partition coefficient (Wildman–Crippen LogP) is 2.17. The van der Waals surface area contributed by atoms with Crippen molar-refractivity contribution in [1.29, 1.82) is 0 Å². The van der Waals surface area contributed by atoms with Gasteiger partial charge in [-0.3, -0.25) is 0 Å². The molecule has 21 heavy (non-hydrogen) atoms. The van der Waals surface area contributed by atoms with Crippen molar-refractivity contribution >= 4 is 0 Å². The fourth-order valence-corrected chi connectivity index (χ4v) is 5.78. The average Bonchev–Trinajstić information content (AvgIpc) is 2.70. The summed E-state index contributed by atoms with van der Waals surface area (Å²) >= 11 is 0. The third-order valence-electron chi connectivity index (χ3n) is 6.90. The first kappa shape index (κ1) is 14.0. The summed E-state index contributed by atoms with van der Waals surface area (Å²) in [5, 5.41) is 30.4. The molecule has 3 heteroatoms. The van der Waals surface area contributed by atoms with Crippen LogP contribution in [0, 0.1) is 23.2 Å². The molecule has 7 unspecified atom stereocenters. The molecule has 0 spiro atoms. The van der Waals surface area contributed by atoms with E-state index >= 15 is 0 Å². The van der Waals surface area contributed by atoms with Gasteiger partial charge in [-0.1, -0.05) is 19.1 Å². The van der Waals surface area contributed by atoms with Crippen molar-refractivity contribution in [2.45, 2.75) is 63.8 Å². The van der Waals surface area contributed by atoms with Crippen molar-refractivity contribution in [1.82, 2.24) is 0 Å². The molecule has 0 aromatic rings. The molecule has 3 saturated carbocycles. The average molecular weight is 290 g/mol. The van der Waals surface area contributed by atoms with Gasteiger partial charge in [-0.25, -0.2) is 0 Å². The highest BCUT2D eigenvalue weighted by Gasteiger charge is 2.58. The molecule has 4 aliphatic carbocycles. The second-order valence-corrected chi connectivity index (χ2v) is 7.86. The fraction of sp³-hybridized carbons (Fsp3) is 0.778. The first-order chi connectivity index (χ1) is 10.0. The molecule has 0 amide bonds. The Balaban J connectivity index is 1.65. The molecule has 0 heterocycles. The maximum absolute atomic E-state index is 10.4. The lowest BCUT2D eigenvalue weighted by molar-refractivity contribution is -0.0552. The molecule has 0 aromatic carbocycles. The molecule has 116 valence electrons. The van der Waals surface area contributed by atoms with E-state index in [1.54, 1.807) is 0 Å². The third kappa shape index (κ3) is 1.90. The van der Waals surface area contributed by atoms with Gasteiger partial charge in [-0.15, -0.1) is 0 Å². The van der Waals surface area contributed by atoms with E-state index < -0.39 is 12.2 Å². The van der Waals surface area contributed by atoms with Gasteiger partial charge in [0.05, 0.1) is 18.3 Å². The van der Waals surface area contributed by atoms with E-state index in [4.69, 9.17) is 0 Å². The molecule has 4 aliphatic rings. The predicted molar refractivity (Wildman–Crippen MR) is 80.5 cm³/mol. The molecule has 3 fully saturated rings. The van der Waals surface area contributed by atoms with Gasteiger partial charge in [0.15, 0.2) is 0 Å². The highest BCUT2D eigenvalue weighted by atomic mass is 16.3. The van der Waals surface area contributed by atoms with Crippen LogP contribution in [0.1, 0.15) is 45.4 Å². The normalized spacial score (nSPS) is 52.4.